The van der Waals surface area contributed by atoms with E-state index in [1.54, 1.807) is 14.0 Å². The van der Waals surface area contributed by atoms with E-state index in [-0.39, 0.29) is 11.8 Å². The van der Waals surface area contributed by atoms with Crippen molar-refractivity contribution in [3.8, 4) is 0 Å². The van der Waals surface area contributed by atoms with Crippen molar-refractivity contribution in [2.45, 2.75) is 43.9 Å². The second-order valence-corrected chi connectivity index (χ2v) is 6.70. The van der Waals surface area contributed by atoms with Crippen LogP contribution in [0.3, 0.4) is 0 Å². The summed E-state index contributed by atoms with van der Waals surface area (Å²) in [7, 11) is -1.56. The van der Waals surface area contributed by atoms with E-state index in [0.29, 0.717) is 13.0 Å². The number of carbonyl (C=O) groups excluding carboxylic acids is 1. The maximum atomic E-state index is 12.1. The Bertz CT molecular complexity index is 354. The van der Waals surface area contributed by atoms with Gasteiger partial charge >= 0.3 is 0 Å². The van der Waals surface area contributed by atoms with E-state index in [2.05, 4.69) is 10.6 Å². The highest BCUT2D eigenvalue weighted by atomic mass is 32.2. The number of hydrogen-bond acceptors (Lipinski definition) is 4. The second kappa shape index (κ2) is 6.35. The van der Waals surface area contributed by atoms with Crippen LogP contribution in [-0.4, -0.2) is 45.0 Å². The molecule has 0 spiro atoms. The van der Waals surface area contributed by atoms with Gasteiger partial charge in [-0.15, -0.1) is 0 Å². The summed E-state index contributed by atoms with van der Waals surface area (Å²) in [5.74, 6) is -0.781. The highest BCUT2D eigenvalue weighted by Gasteiger charge is 2.35. The summed E-state index contributed by atoms with van der Waals surface area (Å²) in [5, 5.41) is 5.18. The molecule has 0 aliphatic heterocycles. The molecule has 6 heteroatoms. The van der Waals surface area contributed by atoms with Gasteiger partial charge in [-0.25, -0.2) is 8.42 Å². The summed E-state index contributed by atoms with van der Waals surface area (Å²) in [4.78, 5) is 11.4. The topological polar surface area (TPSA) is 75.3 Å². The molecule has 1 amide bonds. The van der Waals surface area contributed by atoms with E-state index >= 15 is 0 Å². The van der Waals surface area contributed by atoms with Crippen molar-refractivity contribution < 1.29 is 13.2 Å². The lowest BCUT2D eigenvalue weighted by Crippen LogP contribution is -2.47. The first-order chi connectivity index (χ1) is 8.01. The minimum absolute atomic E-state index is 0.0109. The molecule has 1 fully saturated rings. The highest BCUT2D eigenvalue weighted by molar-refractivity contribution is 7.92. The predicted octanol–water partition coefficient (Wildman–Crippen LogP) is 0.0679. The van der Waals surface area contributed by atoms with Crippen LogP contribution < -0.4 is 10.6 Å². The SMILES string of the molecule is CCNC(=O)CS(=O)(=O)C1CCCCC1NC. The largest absolute Gasteiger partial charge is 0.356 e. The molecule has 1 aliphatic rings. The lowest BCUT2D eigenvalue weighted by molar-refractivity contribution is -0.118. The van der Waals surface area contributed by atoms with Gasteiger partial charge in [0.1, 0.15) is 5.75 Å². The number of hydrogen-bond donors (Lipinski definition) is 2. The Balaban J connectivity index is 2.70. The molecule has 0 radical (unpaired) electrons. The number of amides is 1. The van der Waals surface area contributed by atoms with Gasteiger partial charge in [0.25, 0.3) is 0 Å². The van der Waals surface area contributed by atoms with Gasteiger partial charge in [-0.05, 0) is 26.8 Å². The molecule has 100 valence electrons. The van der Waals surface area contributed by atoms with Gasteiger partial charge in [-0.3, -0.25) is 4.79 Å². The quantitative estimate of drug-likeness (QED) is 0.735. The first-order valence-electron chi connectivity index (χ1n) is 6.16. The fourth-order valence-corrected chi connectivity index (χ4v) is 4.37. The molecule has 1 aliphatic carbocycles. The van der Waals surface area contributed by atoms with E-state index < -0.39 is 21.0 Å². The summed E-state index contributed by atoms with van der Waals surface area (Å²) in [6, 6.07) is -0.0109. The van der Waals surface area contributed by atoms with Crippen LogP contribution >= 0.6 is 0 Å². The standard InChI is InChI=1S/C11H22N2O3S/c1-3-13-11(14)8-17(15,16)10-7-5-4-6-9(10)12-2/h9-10,12H,3-8H2,1-2H3,(H,13,14). The Hall–Kier alpha value is -0.620. The Kier molecular flexibility index (Phi) is 5.39. The van der Waals surface area contributed by atoms with Gasteiger partial charge in [-0.2, -0.15) is 0 Å². The normalized spacial score (nSPS) is 25.5. The van der Waals surface area contributed by atoms with Crippen LogP contribution in [0, 0.1) is 0 Å². The highest BCUT2D eigenvalue weighted by Crippen LogP contribution is 2.24. The fraction of sp³-hybridized carbons (Fsp3) is 0.909. The van der Waals surface area contributed by atoms with Crippen molar-refractivity contribution in [1.82, 2.24) is 10.6 Å². The average molecular weight is 262 g/mol. The van der Waals surface area contributed by atoms with E-state index in [1.807, 2.05) is 0 Å². The van der Waals surface area contributed by atoms with Crippen LogP contribution in [0.15, 0.2) is 0 Å². The molecule has 5 nitrogen and oxygen atoms in total. The Labute approximate surface area is 103 Å². The first-order valence-corrected chi connectivity index (χ1v) is 7.88. The molecule has 0 saturated heterocycles. The minimum Gasteiger partial charge on any atom is -0.356 e. The number of carbonyl (C=O) groups is 1. The maximum absolute atomic E-state index is 12.1. The molecule has 2 N–H and O–H groups in total. The van der Waals surface area contributed by atoms with Crippen molar-refractivity contribution in [1.29, 1.82) is 0 Å². The van der Waals surface area contributed by atoms with Crippen molar-refractivity contribution in [3.05, 3.63) is 0 Å². The van der Waals surface area contributed by atoms with E-state index in [4.69, 9.17) is 0 Å². The zero-order valence-corrected chi connectivity index (χ0v) is 11.3. The van der Waals surface area contributed by atoms with Gasteiger partial charge in [0.2, 0.25) is 5.91 Å². The van der Waals surface area contributed by atoms with Crippen LogP contribution in [0.4, 0.5) is 0 Å². The third-order valence-corrected chi connectivity index (χ3v) is 5.39. The zero-order chi connectivity index (χ0) is 12.9. The zero-order valence-electron chi connectivity index (χ0n) is 10.5. The van der Waals surface area contributed by atoms with Crippen LogP contribution in [0.25, 0.3) is 0 Å². The Morgan fingerprint density at radius 2 is 1.94 bits per heavy atom. The minimum atomic E-state index is -3.34. The van der Waals surface area contributed by atoms with Crippen molar-refractivity contribution >= 4 is 15.7 Å². The first kappa shape index (κ1) is 14.4. The fourth-order valence-electron chi connectivity index (χ4n) is 2.39. The number of sulfone groups is 1. The molecule has 1 saturated carbocycles. The van der Waals surface area contributed by atoms with Gasteiger partial charge in [0, 0.05) is 12.6 Å². The van der Waals surface area contributed by atoms with E-state index in [9.17, 15) is 13.2 Å². The van der Waals surface area contributed by atoms with Gasteiger partial charge in [0.05, 0.1) is 5.25 Å². The van der Waals surface area contributed by atoms with Gasteiger partial charge in [0.15, 0.2) is 9.84 Å². The van der Waals surface area contributed by atoms with Crippen LogP contribution in [0.1, 0.15) is 32.6 Å². The monoisotopic (exact) mass is 262 g/mol. The molecule has 2 atom stereocenters. The molecule has 0 aromatic carbocycles. The maximum Gasteiger partial charge on any atom is 0.235 e. The molecule has 0 bridgehead atoms. The predicted molar refractivity (Wildman–Crippen MR) is 67.6 cm³/mol. The summed E-state index contributed by atoms with van der Waals surface area (Å²) in [6.07, 6.45) is 3.51. The lowest BCUT2D eigenvalue weighted by Gasteiger charge is -2.30. The number of rotatable bonds is 5. The molecular weight excluding hydrogens is 240 g/mol. The summed E-state index contributed by atoms with van der Waals surface area (Å²) < 4.78 is 24.3. The molecule has 1 rings (SSSR count). The Morgan fingerprint density at radius 1 is 1.29 bits per heavy atom. The lowest BCUT2D eigenvalue weighted by atomic mass is 9.95. The van der Waals surface area contributed by atoms with Crippen molar-refractivity contribution in [3.63, 3.8) is 0 Å². The van der Waals surface area contributed by atoms with Crippen LogP contribution in [0.2, 0.25) is 0 Å². The van der Waals surface area contributed by atoms with E-state index in [1.165, 1.54) is 0 Å². The second-order valence-electron chi connectivity index (χ2n) is 4.48. The summed E-state index contributed by atoms with van der Waals surface area (Å²) in [5.41, 5.74) is 0. The average Bonchev–Trinajstić information content (AvgIpc) is 2.28. The van der Waals surface area contributed by atoms with Crippen molar-refractivity contribution in [2.75, 3.05) is 19.3 Å². The number of nitrogens with one attached hydrogen (secondary N) is 2. The molecule has 17 heavy (non-hydrogen) atoms. The molecule has 0 aromatic heterocycles. The molecule has 2 unspecified atom stereocenters. The summed E-state index contributed by atoms with van der Waals surface area (Å²) >= 11 is 0. The van der Waals surface area contributed by atoms with Gasteiger partial charge in [-0.1, -0.05) is 12.8 Å². The van der Waals surface area contributed by atoms with E-state index in [0.717, 1.165) is 19.3 Å². The van der Waals surface area contributed by atoms with Gasteiger partial charge < -0.3 is 10.6 Å². The third kappa shape index (κ3) is 3.96. The Morgan fingerprint density at radius 3 is 2.53 bits per heavy atom. The molecule has 0 heterocycles. The summed E-state index contributed by atoms with van der Waals surface area (Å²) in [6.45, 7) is 2.25. The smallest absolute Gasteiger partial charge is 0.235 e. The molecule has 0 aromatic rings. The van der Waals surface area contributed by atoms with Crippen molar-refractivity contribution in [2.24, 2.45) is 0 Å². The van der Waals surface area contributed by atoms with Crippen LogP contribution in [-0.2, 0) is 14.6 Å². The molecular formula is C11H22N2O3S. The third-order valence-electron chi connectivity index (χ3n) is 3.24. The van der Waals surface area contributed by atoms with Crippen LogP contribution in [0.5, 0.6) is 0 Å².